The van der Waals surface area contributed by atoms with E-state index in [1.165, 1.54) is 12.0 Å². The summed E-state index contributed by atoms with van der Waals surface area (Å²) < 4.78 is 35.3. The fraction of sp³-hybridized carbons (Fsp3) is 0.520. The lowest BCUT2D eigenvalue weighted by atomic mass is 9.71. The zero-order valence-electron chi connectivity index (χ0n) is 19.7. The highest BCUT2D eigenvalue weighted by Gasteiger charge is 2.60. The fourth-order valence-corrected chi connectivity index (χ4v) is 5.91. The number of aromatic nitrogens is 1. The van der Waals surface area contributed by atoms with Crippen LogP contribution < -0.4 is 15.4 Å². The molecule has 6 rings (SSSR count). The van der Waals surface area contributed by atoms with Gasteiger partial charge in [-0.1, -0.05) is 6.07 Å². The van der Waals surface area contributed by atoms with E-state index < -0.39 is 54.1 Å². The number of amides is 3. The van der Waals surface area contributed by atoms with Crippen molar-refractivity contribution in [1.82, 2.24) is 20.5 Å². The molecule has 190 valence electrons. The molecular weight excluding hydrogens is 472 g/mol. The van der Waals surface area contributed by atoms with Crippen molar-refractivity contribution >= 4 is 28.6 Å². The molecule has 36 heavy (non-hydrogen) atoms. The van der Waals surface area contributed by atoms with Crippen LogP contribution in [0.1, 0.15) is 42.6 Å². The molecule has 9 nitrogen and oxygen atoms in total. The van der Waals surface area contributed by atoms with Crippen LogP contribution in [-0.4, -0.2) is 65.3 Å². The van der Waals surface area contributed by atoms with Gasteiger partial charge in [-0.25, -0.2) is 8.78 Å². The van der Waals surface area contributed by atoms with E-state index in [0.29, 0.717) is 36.0 Å². The lowest BCUT2D eigenvalue weighted by molar-refractivity contribution is -0.179. The SMILES string of the molecule is COc1cccc2[nH]c(C(=O)N3[C@H]4CC[C@@H]([C@H]3C(=O)N[C@@H](C#N)C[C@@H]3CCNC3=O)C(F)(F)C4)cc12. The van der Waals surface area contributed by atoms with E-state index in [1.54, 1.807) is 24.3 Å². The molecule has 2 bridgehead atoms. The standard InChI is InChI=1S/C25H27F2N5O4/c1-36-20-4-2-3-18-16(20)10-19(31-18)24(35)32-15-5-6-17(25(26,27)11-15)21(32)23(34)30-14(12-28)9-13-7-8-29-22(13)33/h2-4,10,13-15,17,21,31H,5-9,11H2,1H3,(H,29,33)(H,30,34)/t13-,14+,15-,17-,21-/m0/s1. The van der Waals surface area contributed by atoms with Gasteiger partial charge in [0.15, 0.2) is 0 Å². The zero-order chi connectivity index (χ0) is 25.6. The lowest BCUT2D eigenvalue weighted by Crippen LogP contribution is -2.68. The molecule has 1 aromatic heterocycles. The number of fused-ring (bicyclic) bond motifs is 4. The van der Waals surface area contributed by atoms with Gasteiger partial charge in [0.1, 0.15) is 23.5 Å². The molecule has 2 aromatic rings. The van der Waals surface area contributed by atoms with Gasteiger partial charge in [-0.05, 0) is 43.9 Å². The summed E-state index contributed by atoms with van der Waals surface area (Å²) in [6.07, 6.45) is 0.570. The Hall–Kier alpha value is -3.68. The van der Waals surface area contributed by atoms with Crippen molar-refractivity contribution in [2.45, 2.75) is 56.2 Å². The molecule has 5 atom stereocenters. The van der Waals surface area contributed by atoms with Gasteiger partial charge in [0.05, 0.1) is 19.1 Å². The van der Waals surface area contributed by atoms with E-state index in [0.717, 1.165) is 0 Å². The Bertz CT molecular complexity index is 1250. The number of nitrogens with zero attached hydrogens (tertiary/aromatic N) is 2. The molecule has 3 saturated heterocycles. The fourth-order valence-electron chi connectivity index (χ4n) is 5.91. The minimum absolute atomic E-state index is 0.0844. The number of methoxy groups -OCH3 is 1. The van der Waals surface area contributed by atoms with Crippen LogP contribution in [0.5, 0.6) is 5.75 Å². The maximum Gasteiger partial charge on any atom is 0.271 e. The average molecular weight is 500 g/mol. The number of benzene rings is 1. The first kappa shape index (κ1) is 24.0. The molecule has 3 aliphatic heterocycles. The van der Waals surface area contributed by atoms with Gasteiger partial charge in [-0.2, -0.15) is 5.26 Å². The summed E-state index contributed by atoms with van der Waals surface area (Å²) in [5.41, 5.74) is 0.813. The maximum atomic E-state index is 15.0. The molecule has 3 amide bonds. The number of hydrogen-bond acceptors (Lipinski definition) is 5. The second kappa shape index (κ2) is 9.08. The normalized spacial score (nSPS) is 27.4. The number of carbonyl (C=O) groups is 3. The highest BCUT2D eigenvalue weighted by molar-refractivity contribution is 6.02. The number of aromatic amines is 1. The first-order valence-electron chi connectivity index (χ1n) is 12.1. The van der Waals surface area contributed by atoms with Crippen LogP contribution in [0.15, 0.2) is 24.3 Å². The van der Waals surface area contributed by atoms with E-state index in [1.807, 2.05) is 6.07 Å². The molecule has 0 radical (unpaired) electrons. The third kappa shape index (κ3) is 4.04. The van der Waals surface area contributed by atoms with Crippen molar-refractivity contribution in [2.75, 3.05) is 13.7 Å². The van der Waals surface area contributed by atoms with Crippen LogP contribution >= 0.6 is 0 Å². The van der Waals surface area contributed by atoms with Gasteiger partial charge < -0.3 is 25.3 Å². The average Bonchev–Trinajstić information content (AvgIpc) is 3.48. The number of piperidine rings is 2. The summed E-state index contributed by atoms with van der Waals surface area (Å²) >= 11 is 0. The summed E-state index contributed by atoms with van der Waals surface area (Å²) in [5, 5.41) is 15.5. The Morgan fingerprint density at radius 3 is 2.81 bits per heavy atom. The number of nitrogens with one attached hydrogen (secondary N) is 3. The van der Waals surface area contributed by atoms with Gasteiger partial charge in [-0.15, -0.1) is 0 Å². The summed E-state index contributed by atoms with van der Waals surface area (Å²) in [7, 11) is 1.51. The van der Waals surface area contributed by atoms with Crippen LogP contribution in [0.25, 0.3) is 10.9 Å². The van der Waals surface area contributed by atoms with Crippen molar-refractivity contribution in [3.63, 3.8) is 0 Å². The van der Waals surface area contributed by atoms with Crippen LogP contribution in [0.4, 0.5) is 8.78 Å². The maximum absolute atomic E-state index is 15.0. The highest BCUT2D eigenvalue weighted by Crippen LogP contribution is 2.49. The number of hydrogen-bond donors (Lipinski definition) is 3. The predicted octanol–water partition coefficient (Wildman–Crippen LogP) is 2.34. The third-order valence-electron chi connectivity index (χ3n) is 7.67. The first-order valence-corrected chi connectivity index (χ1v) is 12.1. The molecule has 1 aromatic carbocycles. The number of ether oxygens (including phenoxy) is 1. The molecular formula is C25H27F2N5O4. The Morgan fingerprint density at radius 2 is 2.14 bits per heavy atom. The first-order chi connectivity index (χ1) is 17.2. The van der Waals surface area contributed by atoms with Gasteiger partial charge >= 0.3 is 0 Å². The molecule has 4 heterocycles. The summed E-state index contributed by atoms with van der Waals surface area (Å²) in [5.74, 6) is -5.90. The summed E-state index contributed by atoms with van der Waals surface area (Å²) in [6.45, 7) is 0.492. The molecule has 4 aliphatic rings. The minimum atomic E-state index is -3.11. The quantitative estimate of drug-likeness (QED) is 0.562. The number of H-pyrrole nitrogens is 1. The van der Waals surface area contributed by atoms with Crippen LogP contribution in [0, 0.1) is 23.2 Å². The molecule has 3 N–H and O–H groups in total. The van der Waals surface area contributed by atoms with Crippen LogP contribution in [0.2, 0.25) is 0 Å². The Morgan fingerprint density at radius 1 is 1.33 bits per heavy atom. The van der Waals surface area contributed by atoms with E-state index in [4.69, 9.17) is 4.74 Å². The van der Waals surface area contributed by atoms with E-state index in [2.05, 4.69) is 15.6 Å². The number of carbonyl (C=O) groups excluding carboxylic acids is 3. The van der Waals surface area contributed by atoms with Crippen molar-refractivity contribution < 1.29 is 27.9 Å². The molecule has 1 saturated carbocycles. The second-order valence-electron chi connectivity index (χ2n) is 9.77. The smallest absolute Gasteiger partial charge is 0.271 e. The van der Waals surface area contributed by atoms with E-state index in [9.17, 15) is 28.4 Å². The van der Waals surface area contributed by atoms with E-state index in [-0.39, 0.29) is 24.4 Å². The van der Waals surface area contributed by atoms with Crippen molar-refractivity contribution in [2.24, 2.45) is 11.8 Å². The van der Waals surface area contributed by atoms with Gasteiger partial charge in [0.25, 0.3) is 11.8 Å². The van der Waals surface area contributed by atoms with Crippen LogP contribution in [-0.2, 0) is 9.59 Å². The van der Waals surface area contributed by atoms with E-state index >= 15 is 0 Å². The third-order valence-corrected chi connectivity index (χ3v) is 7.67. The predicted molar refractivity (Wildman–Crippen MR) is 124 cm³/mol. The van der Waals surface area contributed by atoms with Gasteiger partial charge in [0, 0.05) is 35.8 Å². The largest absolute Gasteiger partial charge is 0.496 e. The summed E-state index contributed by atoms with van der Waals surface area (Å²) in [6, 6.07) is 5.57. The zero-order valence-corrected chi connectivity index (χ0v) is 19.7. The molecule has 11 heteroatoms. The van der Waals surface area contributed by atoms with Crippen LogP contribution in [0.3, 0.4) is 0 Å². The van der Waals surface area contributed by atoms with Crippen molar-refractivity contribution in [1.29, 1.82) is 5.26 Å². The Balaban J connectivity index is 1.43. The van der Waals surface area contributed by atoms with Crippen molar-refractivity contribution in [3.8, 4) is 11.8 Å². The lowest BCUT2D eigenvalue weighted by Gasteiger charge is -2.53. The highest BCUT2D eigenvalue weighted by atomic mass is 19.3. The monoisotopic (exact) mass is 499 g/mol. The van der Waals surface area contributed by atoms with Gasteiger partial charge in [0.2, 0.25) is 11.8 Å². The number of rotatable bonds is 6. The topological polar surface area (TPSA) is 127 Å². The molecule has 0 unspecified atom stereocenters. The van der Waals surface area contributed by atoms with Gasteiger partial charge in [-0.3, -0.25) is 14.4 Å². The Kier molecular flexibility index (Phi) is 6.06. The minimum Gasteiger partial charge on any atom is -0.496 e. The molecule has 1 aliphatic carbocycles. The molecule has 0 spiro atoms. The number of halogens is 2. The molecule has 4 fully saturated rings. The van der Waals surface area contributed by atoms with Crippen molar-refractivity contribution in [3.05, 3.63) is 30.0 Å². The number of nitriles is 1. The second-order valence-corrected chi connectivity index (χ2v) is 9.77. The Labute approximate surface area is 206 Å². The number of alkyl halides is 2. The summed E-state index contributed by atoms with van der Waals surface area (Å²) in [4.78, 5) is 43.3.